The van der Waals surface area contributed by atoms with E-state index in [1.54, 1.807) is 24.3 Å². The normalized spacial score (nSPS) is 10.1. The van der Waals surface area contributed by atoms with Crippen molar-refractivity contribution in [2.24, 2.45) is 0 Å². The standard InChI is InChI=1S/C19H17ClN4O2S/c1-2-3-8-26-16(25)11-27-19-14(10-22)17(13(9-21)18(23)24-19)12-6-4-5-7-15(12)20/h4-7H,2-3,8,11H2,1H3,(H2,23,24). The topological polar surface area (TPSA) is 113 Å². The second kappa shape index (κ2) is 9.82. The molecule has 1 aromatic heterocycles. The Labute approximate surface area is 166 Å². The molecule has 0 saturated carbocycles. The summed E-state index contributed by atoms with van der Waals surface area (Å²) in [5, 5.41) is 19.8. The van der Waals surface area contributed by atoms with Crippen LogP contribution in [0.2, 0.25) is 5.02 Å². The van der Waals surface area contributed by atoms with E-state index in [2.05, 4.69) is 11.1 Å². The molecule has 1 aromatic carbocycles. The molecule has 27 heavy (non-hydrogen) atoms. The van der Waals surface area contributed by atoms with Gasteiger partial charge in [-0.3, -0.25) is 4.79 Å². The van der Waals surface area contributed by atoms with Gasteiger partial charge in [-0.15, -0.1) is 0 Å². The van der Waals surface area contributed by atoms with E-state index in [4.69, 9.17) is 22.1 Å². The first-order chi connectivity index (χ1) is 13.0. The summed E-state index contributed by atoms with van der Waals surface area (Å²) in [7, 11) is 0. The first-order valence-electron chi connectivity index (χ1n) is 8.20. The van der Waals surface area contributed by atoms with Gasteiger partial charge in [0.25, 0.3) is 0 Å². The van der Waals surface area contributed by atoms with E-state index in [1.165, 1.54) is 0 Å². The second-order valence-corrected chi connectivity index (χ2v) is 6.86. The van der Waals surface area contributed by atoms with Gasteiger partial charge in [-0.2, -0.15) is 10.5 Å². The zero-order chi connectivity index (χ0) is 19.8. The van der Waals surface area contributed by atoms with Crippen molar-refractivity contribution in [3.63, 3.8) is 0 Å². The minimum absolute atomic E-state index is 0.0152. The summed E-state index contributed by atoms with van der Waals surface area (Å²) in [6, 6.07) is 10.9. The maximum absolute atomic E-state index is 11.8. The lowest BCUT2D eigenvalue weighted by Crippen LogP contribution is -2.10. The lowest BCUT2D eigenvalue weighted by atomic mass is 9.97. The van der Waals surface area contributed by atoms with Crippen molar-refractivity contribution < 1.29 is 9.53 Å². The van der Waals surface area contributed by atoms with Crippen LogP contribution in [0.25, 0.3) is 11.1 Å². The average Bonchev–Trinajstić information content (AvgIpc) is 2.66. The molecule has 0 unspecified atom stereocenters. The van der Waals surface area contributed by atoms with Gasteiger partial charge in [0.05, 0.1) is 17.9 Å². The van der Waals surface area contributed by atoms with Crippen LogP contribution in [0, 0.1) is 22.7 Å². The maximum Gasteiger partial charge on any atom is 0.316 e. The van der Waals surface area contributed by atoms with Crippen LogP contribution >= 0.6 is 23.4 Å². The predicted octanol–water partition coefficient (Wildman–Crippen LogP) is 4.16. The molecular formula is C19H17ClN4O2S. The van der Waals surface area contributed by atoms with Crippen LogP contribution in [0.1, 0.15) is 30.9 Å². The van der Waals surface area contributed by atoms with Crippen LogP contribution in [0.4, 0.5) is 5.82 Å². The number of nitrogen functional groups attached to an aromatic ring is 1. The molecule has 0 atom stereocenters. The number of halogens is 1. The van der Waals surface area contributed by atoms with Gasteiger partial charge < -0.3 is 10.5 Å². The van der Waals surface area contributed by atoms with Gasteiger partial charge in [-0.25, -0.2) is 4.98 Å². The highest BCUT2D eigenvalue weighted by atomic mass is 35.5. The van der Waals surface area contributed by atoms with E-state index in [0.29, 0.717) is 22.8 Å². The number of unbranched alkanes of at least 4 members (excludes halogenated alkanes) is 1. The Bertz CT molecular complexity index is 935. The summed E-state index contributed by atoms with van der Waals surface area (Å²) in [6.45, 7) is 2.36. The molecule has 1 heterocycles. The molecule has 0 aliphatic heterocycles. The second-order valence-electron chi connectivity index (χ2n) is 5.49. The van der Waals surface area contributed by atoms with E-state index in [0.717, 1.165) is 24.6 Å². The SMILES string of the molecule is CCCCOC(=O)CSc1nc(N)c(C#N)c(-c2ccccc2Cl)c1C#N. The van der Waals surface area contributed by atoms with E-state index in [-0.39, 0.29) is 27.7 Å². The highest BCUT2D eigenvalue weighted by molar-refractivity contribution is 7.99. The van der Waals surface area contributed by atoms with Gasteiger partial charge in [0.15, 0.2) is 0 Å². The number of hydrogen-bond acceptors (Lipinski definition) is 7. The summed E-state index contributed by atoms with van der Waals surface area (Å²) in [5.41, 5.74) is 6.99. The van der Waals surface area contributed by atoms with Crippen molar-refractivity contribution in [1.82, 2.24) is 4.98 Å². The van der Waals surface area contributed by atoms with Crippen LogP contribution in [-0.4, -0.2) is 23.3 Å². The number of aromatic nitrogens is 1. The van der Waals surface area contributed by atoms with E-state index < -0.39 is 5.97 Å². The predicted molar refractivity (Wildman–Crippen MR) is 105 cm³/mol. The molecule has 6 nitrogen and oxygen atoms in total. The van der Waals surface area contributed by atoms with Crippen LogP contribution in [-0.2, 0) is 9.53 Å². The fraction of sp³-hybridized carbons (Fsp3) is 0.263. The number of benzene rings is 1. The Morgan fingerprint density at radius 1 is 1.30 bits per heavy atom. The first-order valence-corrected chi connectivity index (χ1v) is 9.56. The molecular weight excluding hydrogens is 384 g/mol. The van der Waals surface area contributed by atoms with E-state index in [9.17, 15) is 15.3 Å². The maximum atomic E-state index is 11.8. The third-order valence-corrected chi connectivity index (χ3v) is 4.92. The Kier molecular flexibility index (Phi) is 7.48. The molecule has 0 aliphatic rings. The summed E-state index contributed by atoms with van der Waals surface area (Å²) in [5.74, 6) is -0.437. The molecule has 8 heteroatoms. The third-order valence-electron chi connectivity index (χ3n) is 3.65. The number of ether oxygens (including phenoxy) is 1. The minimum atomic E-state index is -0.402. The Hall–Kier alpha value is -2.74. The number of nitriles is 2. The number of nitrogens with zero attached hydrogens (tertiary/aromatic N) is 3. The third kappa shape index (κ3) is 4.91. The van der Waals surface area contributed by atoms with Gasteiger partial charge in [-0.05, 0) is 12.5 Å². The van der Waals surface area contributed by atoms with Crippen molar-refractivity contribution in [2.45, 2.75) is 24.8 Å². The fourth-order valence-electron chi connectivity index (χ4n) is 2.34. The molecule has 0 bridgehead atoms. The van der Waals surface area contributed by atoms with Gasteiger partial charge in [-0.1, -0.05) is 54.9 Å². The highest BCUT2D eigenvalue weighted by Crippen LogP contribution is 2.38. The zero-order valence-corrected chi connectivity index (χ0v) is 16.2. The number of anilines is 1. The lowest BCUT2D eigenvalue weighted by Gasteiger charge is -2.13. The minimum Gasteiger partial charge on any atom is -0.465 e. The molecule has 2 aromatic rings. The number of carbonyl (C=O) groups is 1. The number of thioether (sulfide) groups is 1. The number of nitrogens with two attached hydrogens (primary N) is 1. The monoisotopic (exact) mass is 400 g/mol. The smallest absolute Gasteiger partial charge is 0.316 e. The summed E-state index contributed by atoms with van der Waals surface area (Å²) >= 11 is 7.30. The number of rotatable bonds is 7. The molecule has 2 rings (SSSR count). The van der Waals surface area contributed by atoms with Gasteiger partial charge >= 0.3 is 5.97 Å². The van der Waals surface area contributed by atoms with Crippen molar-refractivity contribution in [3.8, 4) is 23.3 Å². The number of pyridine rings is 1. The van der Waals surface area contributed by atoms with Gasteiger partial charge in [0.2, 0.25) is 0 Å². The molecule has 0 amide bonds. The largest absolute Gasteiger partial charge is 0.465 e. The summed E-state index contributed by atoms with van der Waals surface area (Å²) < 4.78 is 5.11. The number of carbonyl (C=O) groups excluding carboxylic acids is 1. The van der Waals surface area contributed by atoms with Crippen molar-refractivity contribution in [3.05, 3.63) is 40.4 Å². The van der Waals surface area contributed by atoms with Crippen LogP contribution in [0.15, 0.2) is 29.3 Å². The quantitative estimate of drug-likeness (QED) is 0.421. The van der Waals surface area contributed by atoms with Crippen LogP contribution < -0.4 is 5.73 Å². The Morgan fingerprint density at radius 2 is 2.00 bits per heavy atom. The molecule has 2 N–H and O–H groups in total. The van der Waals surface area contributed by atoms with Crippen molar-refractivity contribution >= 4 is 35.1 Å². The Morgan fingerprint density at radius 3 is 2.63 bits per heavy atom. The van der Waals surface area contributed by atoms with E-state index >= 15 is 0 Å². The van der Waals surface area contributed by atoms with Crippen molar-refractivity contribution in [1.29, 1.82) is 10.5 Å². The molecule has 0 saturated heterocycles. The molecule has 138 valence electrons. The van der Waals surface area contributed by atoms with Crippen molar-refractivity contribution in [2.75, 3.05) is 18.1 Å². The zero-order valence-electron chi connectivity index (χ0n) is 14.7. The first kappa shape index (κ1) is 20.6. The molecule has 0 fully saturated rings. The summed E-state index contributed by atoms with van der Waals surface area (Å²) in [6.07, 6.45) is 1.71. The van der Waals surface area contributed by atoms with Gasteiger partial charge in [0, 0.05) is 16.1 Å². The van der Waals surface area contributed by atoms with Gasteiger partial charge in [0.1, 0.15) is 28.5 Å². The lowest BCUT2D eigenvalue weighted by molar-refractivity contribution is -0.140. The number of esters is 1. The molecule has 0 aliphatic carbocycles. The molecule has 0 radical (unpaired) electrons. The summed E-state index contributed by atoms with van der Waals surface area (Å²) in [4.78, 5) is 16.0. The number of hydrogen-bond donors (Lipinski definition) is 1. The Balaban J connectivity index is 2.43. The van der Waals surface area contributed by atoms with E-state index in [1.807, 2.05) is 13.0 Å². The fourth-order valence-corrected chi connectivity index (χ4v) is 3.36. The van der Waals surface area contributed by atoms with Crippen LogP contribution in [0.3, 0.4) is 0 Å². The molecule has 0 spiro atoms. The average molecular weight is 401 g/mol. The van der Waals surface area contributed by atoms with Crippen LogP contribution in [0.5, 0.6) is 0 Å². The highest BCUT2D eigenvalue weighted by Gasteiger charge is 2.22.